The van der Waals surface area contributed by atoms with E-state index in [1.807, 2.05) is 0 Å². The van der Waals surface area contributed by atoms with Gasteiger partial charge >= 0.3 is 0 Å². The molecule has 0 saturated heterocycles. The van der Waals surface area contributed by atoms with Crippen LogP contribution in [0.4, 0.5) is 0 Å². The fourth-order valence-corrected chi connectivity index (χ4v) is 1.68. The van der Waals surface area contributed by atoms with Gasteiger partial charge in [0.2, 0.25) is 0 Å². The Labute approximate surface area is 88.3 Å². The molecule has 1 aliphatic rings. The number of Topliss-reactive ketones (excluding diaryl/α,β-unsaturated/α-hetero) is 1. The Hall–Kier alpha value is -0.890. The molecule has 0 N–H and O–H groups in total. The SMILES string of the molecule is O=C(CCC1CC1)c1ncccc1Cl. The molecule has 1 fully saturated rings. The summed E-state index contributed by atoms with van der Waals surface area (Å²) < 4.78 is 0. The van der Waals surface area contributed by atoms with Crippen LogP contribution in [0.15, 0.2) is 18.3 Å². The molecule has 0 atom stereocenters. The molecule has 1 aliphatic carbocycles. The highest BCUT2D eigenvalue weighted by Crippen LogP contribution is 2.34. The van der Waals surface area contributed by atoms with E-state index in [4.69, 9.17) is 11.6 Å². The number of pyridine rings is 1. The Morgan fingerprint density at radius 3 is 3.00 bits per heavy atom. The Kier molecular flexibility index (Phi) is 2.82. The summed E-state index contributed by atoms with van der Waals surface area (Å²) in [6.45, 7) is 0. The molecule has 1 aromatic heterocycles. The van der Waals surface area contributed by atoms with E-state index in [0.717, 1.165) is 12.3 Å². The molecule has 0 radical (unpaired) electrons. The summed E-state index contributed by atoms with van der Waals surface area (Å²) in [5, 5.41) is 0.466. The molecule has 1 saturated carbocycles. The quantitative estimate of drug-likeness (QED) is 0.714. The van der Waals surface area contributed by atoms with E-state index in [1.54, 1.807) is 18.3 Å². The van der Waals surface area contributed by atoms with E-state index < -0.39 is 0 Å². The lowest BCUT2D eigenvalue weighted by molar-refractivity contribution is 0.0973. The molecular weight excluding hydrogens is 198 g/mol. The predicted molar refractivity (Wildman–Crippen MR) is 55.5 cm³/mol. The second-order valence-electron chi connectivity index (χ2n) is 3.74. The van der Waals surface area contributed by atoms with Crippen LogP contribution in [0.5, 0.6) is 0 Å². The maximum Gasteiger partial charge on any atom is 0.182 e. The zero-order valence-corrected chi connectivity index (χ0v) is 8.63. The lowest BCUT2D eigenvalue weighted by Gasteiger charge is -2.00. The fraction of sp³-hybridized carbons (Fsp3) is 0.455. The zero-order valence-electron chi connectivity index (χ0n) is 7.87. The van der Waals surface area contributed by atoms with Crippen LogP contribution in [0.3, 0.4) is 0 Å². The highest BCUT2D eigenvalue weighted by molar-refractivity contribution is 6.33. The standard InChI is InChI=1S/C11H12ClNO/c12-9-2-1-7-13-11(9)10(14)6-5-8-3-4-8/h1-2,7-8H,3-6H2. The van der Waals surface area contributed by atoms with E-state index in [1.165, 1.54) is 12.8 Å². The smallest absolute Gasteiger partial charge is 0.182 e. The monoisotopic (exact) mass is 209 g/mol. The van der Waals surface area contributed by atoms with Crippen LogP contribution >= 0.6 is 11.6 Å². The summed E-state index contributed by atoms with van der Waals surface area (Å²) in [6.07, 6.45) is 5.75. The van der Waals surface area contributed by atoms with Gasteiger partial charge < -0.3 is 0 Å². The number of carbonyl (C=O) groups excluding carboxylic acids is 1. The minimum absolute atomic E-state index is 0.0718. The van der Waals surface area contributed by atoms with E-state index in [2.05, 4.69) is 4.98 Å². The van der Waals surface area contributed by atoms with Crippen molar-refractivity contribution in [2.75, 3.05) is 0 Å². The first kappa shape index (κ1) is 9.66. The van der Waals surface area contributed by atoms with Gasteiger partial charge in [-0.3, -0.25) is 9.78 Å². The largest absolute Gasteiger partial charge is 0.292 e. The molecule has 0 aliphatic heterocycles. The number of halogens is 1. The number of aromatic nitrogens is 1. The zero-order chi connectivity index (χ0) is 9.97. The van der Waals surface area contributed by atoms with Crippen LogP contribution in [0.1, 0.15) is 36.2 Å². The maximum atomic E-state index is 11.7. The summed E-state index contributed by atoms with van der Waals surface area (Å²) >= 11 is 5.87. The second-order valence-corrected chi connectivity index (χ2v) is 4.15. The van der Waals surface area contributed by atoms with Crippen LogP contribution in [-0.4, -0.2) is 10.8 Å². The third kappa shape index (κ3) is 2.32. The molecule has 0 spiro atoms. The van der Waals surface area contributed by atoms with Crippen LogP contribution in [0, 0.1) is 5.92 Å². The fourth-order valence-electron chi connectivity index (χ4n) is 1.45. The second kappa shape index (κ2) is 4.09. The van der Waals surface area contributed by atoms with Gasteiger partial charge in [-0.05, 0) is 24.5 Å². The van der Waals surface area contributed by atoms with E-state index in [0.29, 0.717) is 17.1 Å². The number of hydrogen-bond donors (Lipinski definition) is 0. The van der Waals surface area contributed by atoms with Gasteiger partial charge in [0.15, 0.2) is 5.78 Å². The molecule has 0 aromatic carbocycles. The van der Waals surface area contributed by atoms with Crippen molar-refractivity contribution in [1.29, 1.82) is 0 Å². The third-order valence-corrected chi connectivity index (χ3v) is 2.80. The van der Waals surface area contributed by atoms with E-state index in [-0.39, 0.29) is 5.78 Å². The lowest BCUT2D eigenvalue weighted by Crippen LogP contribution is -2.03. The van der Waals surface area contributed by atoms with Gasteiger partial charge in [0.1, 0.15) is 5.69 Å². The van der Waals surface area contributed by atoms with Crippen molar-refractivity contribution in [3.05, 3.63) is 29.0 Å². The van der Waals surface area contributed by atoms with Gasteiger partial charge in [-0.1, -0.05) is 24.4 Å². The van der Waals surface area contributed by atoms with Crippen molar-refractivity contribution >= 4 is 17.4 Å². The molecule has 2 nitrogen and oxygen atoms in total. The van der Waals surface area contributed by atoms with Crippen molar-refractivity contribution in [3.8, 4) is 0 Å². The summed E-state index contributed by atoms with van der Waals surface area (Å²) in [5.41, 5.74) is 0.426. The van der Waals surface area contributed by atoms with E-state index >= 15 is 0 Å². The minimum atomic E-state index is 0.0718. The Balaban J connectivity index is 1.98. The molecule has 3 heteroatoms. The molecule has 1 heterocycles. The highest BCUT2D eigenvalue weighted by Gasteiger charge is 2.22. The Morgan fingerprint density at radius 2 is 2.36 bits per heavy atom. The topological polar surface area (TPSA) is 30.0 Å². The summed E-state index contributed by atoms with van der Waals surface area (Å²) in [4.78, 5) is 15.6. The van der Waals surface area contributed by atoms with Gasteiger partial charge in [0.05, 0.1) is 5.02 Å². The summed E-state index contributed by atoms with van der Waals surface area (Å²) in [5.74, 6) is 0.851. The van der Waals surface area contributed by atoms with Crippen molar-refractivity contribution in [2.24, 2.45) is 5.92 Å². The molecular formula is C11H12ClNO. The van der Waals surface area contributed by atoms with E-state index in [9.17, 15) is 4.79 Å². The van der Waals surface area contributed by atoms with Gasteiger partial charge in [0.25, 0.3) is 0 Å². The first-order chi connectivity index (χ1) is 6.77. The molecule has 0 unspecified atom stereocenters. The lowest BCUT2D eigenvalue weighted by atomic mass is 10.1. The van der Waals surface area contributed by atoms with Crippen LogP contribution in [-0.2, 0) is 0 Å². The number of ketones is 1. The van der Waals surface area contributed by atoms with Crippen molar-refractivity contribution in [2.45, 2.75) is 25.7 Å². The molecule has 1 aromatic rings. The van der Waals surface area contributed by atoms with Crippen molar-refractivity contribution in [1.82, 2.24) is 4.98 Å². The summed E-state index contributed by atoms with van der Waals surface area (Å²) in [7, 11) is 0. The number of hydrogen-bond acceptors (Lipinski definition) is 2. The number of carbonyl (C=O) groups is 1. The Morgan fingerprint density at radius 1 is 1.57 bits per heavy atom. The average molecular weight is 210 g/mol. The van der Waals surface area contributed by atoms with Crippen molar-refractivity contribution in [3.63, 3.8) is 0 Å². The molecule has 74 valence electrons. The average Bonchev–Trinajstić information content (AvgIpc) is 2.98. The minimum Gasteiger partial charge on any atom is -0.292 e. The van der Waals surface area contributed by atoms with Gasteiger partial charge in [-0.25, -0.2) is 0 Å². The molecule has 2 rings (SSSR count). The number of rotatable bonds is 4. The first-order valence-corrected chi connectivity index (χ1v) is 5.29. The van der Waals surface area contributed by atoms with Crippen LogP contribution in [0.2, 0.25) is 5.02 Å². The molecule has 0 amide bonds. The number of nitrogens with zero attached hydrogens (tertiary/aromatic N) is 1. The maximum absolute atomic E-state index is 11.7. The predicted octanol–water partition coefficient (Wildman–Crippen LogP) is 3.11. The van der Waals surface area contributed by atoms with Gasteiger partial charge in [-0.15, -0.1) is 0 Å². The van der Waals surface area contributed by atoms with Gasteiger partial charge in [-0.2, -0.15) is 0 Å². The molecule has 0 bridgehead atoms. The van der Waals surface area contributed by atoms with Crippen molar-refractivity contribution < 1.29 is 4.79 Å². The highest BCUT2D eigenvalue weighted by atomic mass is 35.5. The van der Waals surface area contributed by atoms with Crippen LogP contribution in [0.25, 0.3) is 0 Å². The first-order valence-electron chi connectivity index (χ1n) is 4.91. The van der Waals surface area contributed by atoms with Crippen LogP contribution < -0.4 is 0 Å². The summed E-state index contributed by atoms with van der Waals surface area (Å²) in [6, 6.07) is 3.44. The Bertz CT molecular complexity index is 347. The third-order valence-electron chi connectivity index (χ3n) is 2.50. The molecule has 14 heavy (non-hydrogen) atoms. The normalized spacial score (nSPS) is 15.5. The van der Waals surface area contributed by atoms with Gasteiger partial charge in [0, 0.05) is 12.6 Å².